The third-order valence-corrected chi connectivity index (χ3v) is 9.18. The first-order valence-electron chi connectivity index (χ1n) is 14.9. The summed E-state index contributed by atoms with van der Waals surface area (Å²) in [5, 5.41) is 0. The number of unbranched alkanes of at least 4 members (excludes halogenated alkanes) is 1. The predicted molar refractivity (Wildman–Crippen MR) is 166 cm³/mol. The van der Waals surface area contributed by atoms with E-state index in [1.165, 1.54) is 0 Å². The normalized spacial score (nSPS) is 16.6. The van der Waals surface area contributed by atoms with Crippen LogP contribution in [-0.4, -0.2) is 38.9 Å². The highest BCUT2D eigenvalue weighted by Crippen LogP contribution is 2.40. The molecule has 1 N–H and O–H groups in total. The summed E-state index contributed by atoms with van der Waals surface area (Å²) in [6.45, 7) is 5.48. The van der Waals surface area contributed by atoms with Gasteiger partial charge in [-0.3, -0.25) is 24.2 Å². The number of carbonyl (C=O) groups is 2. The van der Waals surface area contributed by atoms with Crippen molar-refractivity contribution in [2.24, 2.45) is 4.99 Å². The summed E-state index contributed by atoms with van der Waals surface area (Å²) in [6, 6.07) is 22.3. The fourth-order valence-electron chi connectivity index (χ4n) is 5.86. The van der Waals surface area contributed by atoms with Crippen molar-refractivity contribution in [1.29, 1.82) is 0 Å². The van der Waals surface area contributed by atoms with E-state index < -0.39 is 22.4 Å². The summed E-state index contributed by atoms with van der Waals surface area (Å²) in [6.07, 6.45) is 6.62. The van der Waals surface area contributed by atoms with Crippen LogP contribution in [0.1, 0.15) is 80.3 Å². The first kappa shape index (κ1) is 29.9. The van der Waals surface area contributed by atoms with Gasteiger partial charge >= 0.3 is 0 Å². The van der Waals surface area contributed by atoms with Crippen LogP contribution < -0.4 is 4.72 Å². The standard InChI is InChI=1S/C34H39N3O4S/c1-3-5-17-31-35-34(20-11-12-21-34)33(39)37(31)23-25-18-19-28(27(22-25)24-41-4-2)29-15-9-10-16-30(29)42(40)36-32(38)26-13-7-6-8-14-26/h6-10,13-16,18-19,22H,3-5,11-12,17,20-21,23-24H2,1-2H3,(H,36,38). The molecule has 2 aliphatic rings. The Morgan fingerprint density at radius 3 is 2.48 bits per heavy atom. The zero-order valence-electron chi connectivity index (χ0n) is 24.4. The Bertz CT molecular complexity index is 1480. The highest BCUT2D eigenvalue weighted by Gasteiger charge is 2.49. The zero-order valence-corrected chi connectivity index (χ0v) is 25.3. The number of ether oxygens (including phenoxy) is 1. The maximum atomic E-state index is 13.7. The van der Waals surface area contributed by atoms with Gasteiger partial charge in [-0.2, -0.15) is 0 Å². The summed E-state index contributed by atoms with van der Waals surface area (Å²) in [5.41, 5.74) is 3.45. The third kappa shape index (κ3) is 6.40. The van der Waals surface area contributed by atoms with Gasteiger partial charge in [0.25, 0.3) is 11.8 Å². The molecular formula is C34H39N3O4S. The largest absolute Gasteiger partial charge is 0.377 e. The highest BCUT2D eigenvalue weighted by molar-refractivity contribution is 7.83. The summed E-state index contributed by atoms with van der Waals surface area (Å²) < 4.78 is 21.9. The molecular weight excluding hydrogens is 546 g/mol. The van der Waals surface area contributed by atoms with Crippen molar-refractivity contribution in [1.82, 2.24) is 9.62 Å². The van der Waals surface area contributed by atoms with Gasteiger partial charge in [-0.15, -0.1) is 0 Å². The van der Waals surface area contributed by atoms with Gasteiger partial charge in [-0.05, 0) is 66.6 Å². The average Bonchev–Trinajstić information content (AvgIpc) is 3.60. The van der Waals surface area contributed by atoms with Crippen LogP contribution in [0.5, 0.6) is 0 Å². The second-order valence-corrected chi connectivity index (χ2v) is 12.1. The smallest absolute Gasteiger partial charge is 0.263 e. The number of hydrogen-bond donors (Lipinski definition) is 1. The van der Waals surface area contributed by atoms with Crippen LogP contribution >= 0.6 is 0 Å². The lowest BCUT2D eigenvalue weighted by molar-refractivity contribution is -0.131. The van der Waals surface area contributed by atoms with Gasteiger partial charge in [-0.25, -0.2) is 4.21 Å². The van der Waals surface area contributed by atoms with Crippen molar-refractivity contribution in [3.05, 3.63) is 89.5 Å². The molecule has 3 aromatic carbocycles. The number of amidine groups is 1. The fourth-order valence-corrected chi connectivity index (χ4v) is 6.83. The molecule has 3 aromatic rings. The first-order chi connectivity index (χ1) is 20.5. The van der Waals surface area contributed by atoms with Crippen molar-refractivity contribution in [2.75, 3.05) is 6.61 Å². The van der Waals surface area contributed by atoms with Gasteiger partial charge in [0, 0.05) is 18.6 Å². The topological polar surface area (TPSA) is 88.1 Å². The van der Waals surface area contributed by atoms with E-state index in [0.717, 1.165) is 73.0 Å². The van der Waals surface area contributed by atoms with E-state index >= 15 is 0 Å². The first-order valence-corrected chi connectivity index (χ1v) is 16.1. The number of hydrogen-bond acceptors (Lipinski definition) is 5. The van der Waals surface area contributed by atoms with Crippen molar-refractivity contribution < 1.29 is 18.5 Å². The quantitative estimate of drug-likeness (QED) is 0.260. The lowest BCUT2D eigenvalue weighted by Gasteiger charge is -2.23. The van der Waals surface area contributed by atoms with Crippen molar-refractivity contribution in [2.45, 2.75) is 82.4 Å². The van der Waals surface area contributed by atoms with Crippen LogP contribution in [-0.2, 0) is 33.7 Å². The fraction of sp³-hybridized carbons (Fsp3) is 0.382. The number of rotatable bonds is 12. The molecule has 1 aliphatic heterocycles. The Hall–Kier alpha value is -3.62. The van der Waals surface area contributed by atoms with Crippen LogP contribution in [0.25, 0.3) is 11.1 Å². The van der Waals surface area contributed by atoms with Crippen LogP contribution in [0.2, 0.25) is 0 Å². The maximum Gasteiger partial charge on any atom is 0.263 e. The van der Waals surface area contributed by atoms with E-state index in [4.69, 9.17) is 9.73 Å². The molecule has 1 unspecified atom stereocenters. The molecule has 0 radical (unpaired) electrons. The Morgan fingerprint density at radius 1 is 1.00 bits per heavy atom. The summed E-state index contributed by atoms with van der Waals surface area (Å²) in [5.74, 6) is 0.648. The number of carbonyl (C=O) groups excluding carboxylic acids is 2. The molecule has 5 rings (SSSR count). The van der Waals surface area contributed by atoms with Crippen LogP contribution in [0, 0.1) is 0 Å². The van der Waals surface area contributed by atoms with Gasteiger partial charge < -0.3 is 4.74 Å². The molecule has 1 aliphatic carbocycles. The molecule has 2 amide bonds. The number of benzene rings is 3. The van der Waals surface area contributed by atoms with Gasteiger partial charge in [0.2, 0.25) is 0 Å². The van der Waals surface area contributed by atoms with E-state index in [1.807, 2.05) is 48.2 Å². The molecule has 1 heterocycles. The molecule has 1 fully saturated rings. The third-order valence-electron chi connectivity index (χ3n) is 8.05. The number of nitrogens with one attached hydrogen (secondary N) is 1. The lowest BCUT2D eigenvalue weighted by Crippen LogP contribution is -2.40. The van der Waals surface area contributed by atoms with Crippen molar-refractivity contribution >= 4 is 28.6 Å². The summed E-state index contributed by atoms with van der Waals surface area (Å²) >= 11 is 0. The van der Waals surface area contributed by atoms with E-state index in [0.29, 0.717) is 30.2 Å². The SMILES string of the molecule is CCCCC1=NC2(CCCC2)C(=O)N1Cc1ccc(-c2ccccc2S(=O)NC(=O)c2ccccc2)c(COCC)c1. The zero-order chi connectivity index (χ0) is 29.5. The monoisotopic (exact) mass is 585 g/mol. The Kier molecular flexibility index (Phi) is 9.65. The molecule has 1 atom stereocenters. The van der Waals surface area contributed by atoms with Gasteiger partial charge in [0.05, 0.1) is 18.0 Å². The van der Waals surface area contributed by atoms with E-state index in [2.05, 4.69) is 17.7 Å². The second kappa shape index (κ2) is 13.6. The van der Waals surface area contributed by atoms with Crippen molar-refractivity contribution in [3.63, 3.8) is 0 Å². The molecule has 1 spiro atoms. The summed E-state index contributed by atoms with van der Waals surface area (Å²) in [4.78, 5) is 33.9. The Balaban J connectivity index is 1.43. The Labute approximate surface area is 251 Å². The molecule has 8 heteroatoms. The number of nitrogens with zero attached hydrogens (tertiary/aromatic N) is 2. The van der Waals surface area contributed by atoms with Crippen LogP contribution in [0.4, 0.5) is 0 Å². The minimum Gasteiger partial charge on any atom is -0.377 e. The summed E-state index contributed by atoms with van der Waals surface area (Å²) in [7, 11) is -1.78. The van der Waals surface area contributed by atoms with Crippen LogP contribution in [0.3, 0.4) is 0 Å². The molecule has 0 bridgehead atoms. The Morgan fingerprint density at radius 2 is 1.74 bits per heavy atom. The molecule has 0 aromatic heterocycles. The lowest BCUT2D eigenvalue weighted by atomic mass is 9.96. The van der Waals surface area contributed by atoms with Gasteiger partial charge in [0.15, 0.2) is 11.0 Å². The minimum atomic E-state index is -1.78. The van der Waals surface area contributed by atoms with E-state index in [9.17, 15) is 13.8 Å². The average molecular weight is 586 g/mol. The molecule has 1 saturated carbocycles. The number of amides is 2. The van der Waals surface area contributed by atoms with E-state index in [1.54, 1.807) is 30.3 Å². The predicted octanol–water partition coefficient (Wildman–Crippen LogP) is 6.59. The molecule has 42 heavy (non-hydrogen) atoms. The van der Waals surface area contributed by atoms with E-state index in [-0.39, 0.29) is 5.91 Å². The maximum absolute atomic E-state index is 13.7. The second-order valence-electron chi connectivity index (χ2n) is 11.0. The van der Waals surface area contributed by atoms with Gasteiger partial charge in [-0.1, -0.05) is 80.8 Å². The number of aliphatic imine (C=N–C) groups is 1. The molecule has 7 nitrogen and oxygen atoms in total. The highest BCUT2D eigenvalue weighted by atomic mass is 32.2. The van der Waals surface area contributed by atoms with Gasteiger partial charge in [0.1, 0.15) is 11.4 Å². The van der Waals surface area contributed by atoms with Crippen molar-refractivity contribution in [3.8, 4) is 11.1 Å². The molecule has 0 saturated heterocycles. The molecule has 220 valence electrons. The minimum absolute atomic E-state index is 0.136. The van der Waals surface area contributed by atoms with Crippen LogP contribution in [0.15, 0.2) is 82.7 Å².